The molecule has 0 bridgehead atoms. The maximum atomic E-state index is 9.41. The summed E-state index contributed by atoms with van der Waals surface area (Å²) in [6.07, 6.45) is 1.43. The smallest absolute Gasteiger partial charge is 0.200 e. The van der Waals surface area contributed by atoms with Crippen molar-refractivity contribution in [3.8, 4) is 11.5 Å². The number of rotatable bonds is 5. The van der Waals surface area contributed by atoms with Gasteiger partial charge in [-0.3, -0.25) is 0 Å². The van der Waals surface area contributed by atoms with Crippen molar-refractivity contribution in [1.82, 2.24) is 9.55 Å². The molecule has 0 aliphatic heterocycles. The Morgan fingerprint density at radius 3 is 2.21 bits per heavy atom. The van der Waals surface area contributed by atoms with Crippen molar-refractivity contribution in [3.63, 3.8) is 0 Å². The Balaban J connectivity index is 1.87. The molecule has 1 heterocycles. The van der Waals surface area contributed by atoms with Gasteiger partial charge < -0.3 is 20.1 Å². The van der Waals surface area contributed by atoms with Gasteiger partial charge in [-0.15, -0.1) is 0 Å². The molecule has 0 amide bonds. The van der Waals surface area contributed by atoms with Gasteiger partial charge in [-0.25, -0.2) is 4.98 Å². The Bertz CT molecular complexity index is 821. The number of aromatic nitrogens is 2. The molecule has 0 fully saturated rings. The van der Waals surface area contributed by atoms with E-state index >= 15 is 0 Å². The van der Waals surface area contributed by atoms with Gasteiger partial charge in [0.05, 0.1) is 12.8 Å². The molecule has 0 saturated heterocycles. The molecular formula is C19H21N3O2. The van der Waals surface area contributed by atoms with Crippen LogP contribution in [0.3, 0.4) is 0 Å². The number of phenols is 1. The number of hydrogen-bond donors (Lipinski definition) is 2. The van der Waals surface area contributed by atoms with E-state index in [2.05, 4.69) is 4.98 Å². The second-order valence-electron chi connectivity index (χ2n) is 5.79. The average molecular weight is 323 g/mol. The van der Waals surface area contributed by atoms with Crippen LogP contribution in [0.15, 0.2) is 48.5 Å². The van der Waals surface area contributed by atoms with E-state index in [1.807, 2.05) is 48.0 Å². The first-order valence-corrected chi connectivity index (χ1v) is 7.77. The zero-order valence-electron chi connectivity index (χ0n) is 13.9. The van der Waals surface area contributed by atoms with Crippen LogP contribution in [0, 0.1) is 0 Å². The first-order valence-electron chi connectivity index (χ1n) is 7.77. The van der Waals surface area contributed by atoms with E-state index in [0.29, 0.717) is 12.4 Å². The van der Waals surface area contributed by atoms with Gasteiger partial charge in [0.15, 0.2) is 5.95 Å². The minimum absolute atomic E-state index is 0.262. The van der Waals surface area contributed by atoms with Gasteiger partial charge in [0.1, 0.15) is 11.5 Å². The molecule has 24 heavy (non-hydrogen) atoms. The number of aromatic hydroxyl groups is 1. The van der Waals surface area contributed by atoms with Gasteiger partial charge in [-0.05, 0) is 35.4 Å². The molecule has 0 radical (unpaired) electrons. The molecule has 124 valence electrons. The quantitative estimate of drug-likeness (QED) is 0.757. The zero-order chi connectivity index (χ0) is 17.1. The number of imidazole rings is 1. The van der Waals surface area contributed by atoms with Crippen LogP contribution in [0.5, 0.6) is 11.5 Å². The van der Waals surface area contributed by atoms with Crippen LogP contribution in [-0.4, -0.2) is 21.8 Å². The maximum absolute atomic E-state index is 9.41. The molecule has 5 heteroatoms. The third-order valence-corrected chi connectivity index (χ3v) is 4.17. The Kier molecular flexibility index (Phi) is 4.42. The molecule has 0 aliphatic carbocycles. The molecule has 3 rings (SSSR count). The van der Waals surface area contributed by atoms with Crippen molar-refractivity contribution in [1.29, 1.82) is 0 Å². The second-order valence-corrected chi connectivity index (χ2v) is 5.79. The summed E-state index contributed by atoms with van der Waals surface area (Å²) in [6, 6.07) is 15.2. The lowest BCUT2D eigenvalue weighted by Crippen LogP contribution is -2.03. The van der Waals surface area contributed by atoms with Crippen LogP contribution in [0.2, 0.25) is 0 Å². The van der Waals surface area contributed by atoms with Gasteiger partial charge in [0.25, 0.3) is 0 Å². The number of nitrogen functional groups attached to an aromatic ring is 1. The Hall–Kier alpha value is -2.95. The van der Waals surface area contributed by atoms with Crippen molar-refractivity contribution in [2.24, 2.45) is 7.05 Å². The fraction of sp³-hybridized carbons (Fsp3) is 0.211. The van der Waals surface area contributed by atoms with Crippen LogP contribution in [0.25, 0.3) is 0 Å². The van der Waals surface area contributed by atoms with E-state index in [4.69, 9.17) is 10.5 Å². The first kappa shape index (κ1) is 15.9. The fourth-order valence-corrected chi connectivity index (χ4v) is 2.72. The summed E-state index contributed by atoms with van der Waals surface area (Å²) in [7, 11) is 3.59. The van der Waals surface area contributed by atoms with E-state index in [1.54, 1.807) is 19.2 Å². The number of ether oxygens (including phenoxy) is 1. The third kappa shape index (κ3) is 3.35. The van der Waals surface area contributed by atoms with Crippen LogP contribution in [-0.2, 0) is 19.9 Å². The summed E-state index contributed by atoms with van der Waals surface area (Å²) < 4.78 is 7.13. The van der Waals surface area contributed by atoms with E-state index in [-0.39, 0.29) is 5.75 Å². The molecular weight excluding hydrogens is 302 g/mol. The number of nitrogens with zero attached hydrogens (tertiary/aromatic N) is 2. The summed E-state index contributed by atoms with van der Waals surface area (Å²) in [5.74, 6) is 1.61. The van der Waals surface area contributed by atoms with Crippen molar-refractivity contribution >= 4 is 5.95 Å². The molecule has 3 N–H and O–H groups in total. The van der Waals surface area contributed by atoms with Crippen molar-refractivity contribution in [2.45, 2.75) is 12.8 Å². The maximum Gasteiger partial charge on any atom is 0.200 e. The molecule has 0 aliphatic rings. The van der Waals surface area contributed by atoms with Crippen molar-refractivity contribution in [3.05, 3.63) is 71.0 Å². The van der Waals surface area contributed by atoms with E-state index in [1.165, 1.54) is 5.56 Å². The van der Waals surface area contributed by atoms with Crippen LogP contribution >= 0.6 is 0 Å². The number of benzene rings is 2. The summed E-state index contributed by atoms with van der Waals surface area (Å²) in [4.78, 5) is 4.51. The highest BCUT2D eigenvalue weighted by molar-refractivity contribution is 5.38. The normalized spacial score (nSPS) is 10.8. The summed E-state index contributed by atoms with van der Waals surface area (Å²) >= 11 is 0. The van der Waals surface area contributed by atoms with Gasteiger partial charge in [-0.1, -0.05) is 24.3 Å². The number of anilines is 1. The second kappa shape index (κ2) is 6.66. The van der Waals surface area contributed by atoms with Gasteiger partial charge >= 0.3 is 0 Å². The van der Waals surface area contributed by atoms with Gasteiger partial charge in [0, 0.05) is 25.6 Å². The molecule has 0 spiro atoms. The lowest BCUT2D eigenvalue weighted by atomic mass is 10.0. The van der Waals surface area contributed by atoms with E-state index in [0.717, 1.165) is 29.1 Å². The van der Waals surface area contributed by atoms with E-state index < -0.39 is 0 Å². The molecule has 3 aromatic rings. The Morgan fingerprint density at radius 1 is 1.00 bits per heavy atom. The minimum Gasteiger partial charge on any atom is -0.508 e. The number of phenolic OH excluding ortho intramolecular Hbond substituents is 1. The lowest BCUT2D eigenvalue weighted by molar-refractivity contribution is 0.414. The predicted octanol–water partition coefficient (Wildman–Crippen LogP) is 2.90. The average Bonchev–Trinajstić information content (AvgIpc) is 2.85. The summed E-state index contributed by atoms with van der Waals surface area (Å²) in [5.41, 5.74) is 10.3. The molecule has 2 aromatic carbocycles. The van der Waals surface area contributed by atoms with Gasteiger partial charge in [-0.2, -0.15) is 0 Å². The highest BCUT2D eigenvalue weighted by Crippen LogP contribution is 2.22. The Labute approximate surface area is 141 Å². The number of nitrogens with two attached hydrogens (primary N) is 1. The summed E-state index contributed by atoms with van der Waals surface area (Å²) in [5, 5.41) is 9.41. The van der Waals surface area contributed by atoms with Crippen molar-refractivity contribution in [2.75, 3.05) is 12.8 Å². The molecule has 0 unspecified atom stereocenters. The first-order chi connectivity index (χ1) is 11.6. The summed E-state index contributed by atoms with van der Waals surface area (Å²) in [6.45, 7) is 0. The molecule has 0 saturated carbocycles. The predicted molar refractivity (Wildman–Crippen MR) is 94.3 cm³/mol. The molecule has 1 aromatic heterocycles. The third-order valence-electron chi connectivity index (χ3n) is 4.17. The van der Waals surface area contributed by atoms with Gasteiger partial charge in [0.2, 0.25) is 0 Å². The number of hydrogen-bond acceptors (Lipinski definition) is 4. The Morgan fingerprint density at radius 2 is 1.58 bits per heavy atom. The lowest BCUT2D eigenvalue weighted by Gasteiger charge is -2.08. The van der Waals surface area contributed by atoms with Crippen LogP contribution in [0.4, 0.5) is 5.95 Å². The standard InChI is InChI=1S/C19H21N3O2/c1-22-18(12-14-5-9-16(24-2)10-6-14)17(21-19(22)20)11-13-3-7-15(23)8-4-13/h3-10,23H,11-12H2,1-2H3,(H2,20,21). The molecule has 0 atom stereocenters. The fourth-order valence-electron chi connectivity index (χ4n) is 2.72. The van der Waals surface area contributed by atoms with Crippen molar-refractivity contribution < 1.29 is 9.84 Å². The number of methoxy groups -OCH3 is 1. The zero-order valence-corrected chi connectivity index (χ0v) is 13.9. The SMILES string of the molecule is COc1ccc(Cc2c(Cc3ccc(O)cc3)nc(N)n2C)cc1. The van der Waals surface area contributed by atoms with Crippen LogP contribution < -0.4 is 10.5 Å². The topological polar surface area (TPSA) is 73.3 Å². The van der Waals surface area contributed by atoms with E-state index in [9.17, 15) is 5.11 Å². The highest BCUT2D eigenvalue weighted by Gasteiger charge is 2.14. The highest BCUT2D eigenvalue weighted by atomic mass is 16.5. The molecule has 5 nitrogen and oxygen atoms in total. The van der Waals surface area contributed by atoms with Crippen LogP contribution in [0.1, 0.15) is 22.5 Å². The minimum atomic E-state index is 0.262. The largest absolute Gasteiger partial charge is 0.508 e. The monoisotopic (exact) mass is 323 g/mol.